The molecule has 0 spiro atoms. The quantitative estimate of drug-likeness (QED) is 0.556. The summed E-state index contributed by atoms with van der Waals surface area (Å²) in [5.74, 6) is -0.596. The average Bonchev–Trinajstić information content (AvgIpc) is 2.70. The Balaban J connectivity index is 2.14. The third kappa shape index (κ3) is 3.71. The summed E-state index contributed by atoms with van der Waals surface area (Å²) in [6, 6.07) is 23.2. The lowest BCUT2D eigenvalue weighted by atomic mass is 10.2. The molecule has 0 aliphatic rings. The van der Waals surface area contributed by atoms with Gasteiger partial charge in [0.15, 0.2) is 0 Å². The molecule has 4 nitrogen and oxygen atoms in total. The minimum absolute atomic E-state index is 0.0637. The third-order valence-electron chi connectivity index (χ3n) is 3.81. The van der Waals surface area contributed by atoms with Gasteiger partial charge in [-0.1, -0.05) is 64.5 Å². The molecule has 3 aromatic carbocycles. The van der Waals surface area contributed by atoms with E-state index in [9.17, 15) is 13.2 Å². The Morgan fingerprint density at radius 2 is 1.35 bits per heavy atom. The maximum absolute atomic E-state index is 13.2. The van der Waals surface area contributed by atoms with Gasteiger partial charge < -0.3 is 0 Å². The molecular formula is C20H16BrNO3S. The Morgan fingerprint density at radius 1 is 0.808 bits per heavy atom. The summed E-state index contributed by atoms with van der Waals surface area (Å²) in [5, 5.41) is 0.644. The van der Waals surface area contributed by atoms with Crippen LogP contribution < -0.4 is 4.31 Å². The number of amides is 1. The van der Waals surface area contributed by atoms with Crippen LogP contribution in [0, 0.1) is 0 Å². The van der Waals surface area contributed by atoms with Gasteiger partial charge in [-0.2, -0.15) is 4.31 Å². The van der Waals surface area contributed by atoms with Crippen LogP contribution in [-0.4, -0.2) is 14.3 Å². The molecule has 6 heteroatoms. The van der Waals surface area contributed by atoms with Crippen molar-refractivity contribution in [2.75, 3.05) is 4.31 Å². The molecule has 0 aliphatic heterocycles. The van der Waals surface area contributed by atoms with Crippen LogP contribution in [0.3, 0.4) is 0 Å². The zero-order valence-corrected chi connectivity index (χ0v) is 16.2. The highest BCUT2D eigenvalue weighted by molar-refractivity contribution is 9.08. The number of rotatable bonds is 5. The molecule has 1 amide bonds. The van der Waals surface area contributed by atoms with E-state index in [4.69, 9.17) is 0 Å². The van der Waals surface area contributed by atoms with Crippen LogP contribution in [0.25, 0.3) is 0 Å². The van der Waals surface area contributed by atoms with E-state index in [1.807, 2.05) is 0 Å². The van der Waals surface area contributed by atoms with Crippen LogP contribution in [-0.2, 0) is 15.4 Å². The molecule has 0 unspecified atom stereocenters. The van der Waals surface area contributed by atoms with Crippen molar-refractivity contribution in [3.05, 3.63) is 96.1 Å². The van der Waals surface area contributed by atoms with Gasteiger partial charge in [0.1, 0.15) is 0 Å². The van der Waals surface area contributed by atoms with Crippen LogP contribution in [0.15, 0.2) is 89.8 Å². The Hall–Kier alpha value is -2.44. The number of halogens is 1. The number of hydrogen-bond acceptors (Lipinski definition) is 3. The minimum Gasteiger partial charge on any atom is -0.268 e. The zero-order chi connectivity index (χ0) is 18.6. The van der Waals surface area contributed by atoms with Crippen LogP contribution >= 0.6 is 15.9 Å². The normalized spacial score (nSPS) is 11.1. The topological polar surface area (TPSA) is 54.5 Å². The van der Waals surface area contributed by atoms with Crippen LogP contribution in [0.5, 0.6) is 0 Å². The molecule has 26 heavy (non-hydrogen) atoms. The summed E-state index contributed by atoms with van der Waals surface area (Å²) >= 11 is 3.36. The van der Waals surface area contributed by atoms with Crippen LogP contribution in [0.1, 0.15) is 15.9 Å². The molecule has 0 N–H and O–H groups in total. The van der Waals surface area contributed by atoms with Crippen molar-refractivity contribution in [2.24, 2.45) is 0 Å². The van der Waals surface area contributed by atoms with Gasteiger partial charge in [-0.25, -0.2) is 8.42 Å². The second kappa shape index (κ2) is 7.85. The summed E-state index contributed by atoms with van der Waals surface area (Å²) in [4.78, 5) is 13.1. The van der Waals surface area contributed by atoms with E-state index in [2.05, 4.69) is 15.9 Å². The highest BCUT2D eigenvalue weighted by atomic mass is 79.9. The smallest absolute Gasteiger partial charge is 0.268 e. The van der Waals surface area contributed by atoms with E-state index in [-0.39, 0.29) is 4.90 Å². The Morgan fingerprint density at radius 3 is 1.88 bits per heavy atom. The third-order valence-corrected chi connectivity index (χ3v) is 6.18. The predicted octanol–water partition coefficient (Wildman–Crippen LogP) is 4.62. The molecule has 0 bridgehead atoms. The van der Waals surface area contributed by atoms with Crippen molar-refractivity contribution in [1.82, 2.24) is 0 Å². The van der Waals surface area contributed by atoms with Gasteiger partial charge in [0.05, 0.1) is 10.6 Å². The summed E-state index contributed by atoms with van der Waals surface area (Å²) in [7, 11) is -4.05. The highest BCUT2D eigenvalue weighted by Crippen LogP contribution is 2.26. The first-order chi connectivity index (χ1) is 12.5. The minimum atomic E-state index is -4.05. The van der Waals surface area contributed by atoms with Crippen molar-refractivity contribution < 1.29 is 13.2 Å². The number of sulfonamides is 1. The molecule has 0 heterocycles. The first-order valence-corrected chi connectivity index (χ1v) is 10.4. The number of nitrogens with zero attached hydrogens (tertiary/aromatic N) is 1. The molecule has 3 aromatic rings. The monoisotopic (exact) mass is 429 g/mol. The molecule has 0 radical (unpaired) electrons. The maximum Gasteiger partial charge on any atom is 0.272 e. The second-order valence-corrected chi connectivity index (χ2v) is 7.90. The van der Waals surface area contributed by atoms with E-state index in [1.165, 1.54) is 12.1 Å². The summed E-state index contributed by atoms with van der Waals surface area (Å²) in [5.41, 5.74) is 1.59. The first kappa shape index (κ1) is 18.4. The fourth-order valence-electron chi connectivity index (χ4n) is 2.48. The van der Waals surface area contributed by atoms with Crippen molar-refractivity contribution in [1.29, 1.82) is 0 Å². The number of alkyl halides is 1. The highest BCUT2D eigenvalue weighted by Gasteiger charge is 2.31. The van der Waals surface area contributed by atoms with Gasteiger partial charge in [0.25, 0.3) is 15.9 Å². The van der Waals surface area contributed by atoms with E-state index < -0.39 is 15.9 Å². The fraction of sp³-hybridized carbons (Fsp3) is 0.0500. The molecule has 0 aliphatic carbocycles. The van der Waals surface area contributed by atoms with Crippen LogP contribution in [0.4, 0.5) is 5.69 Å². The standard InChI is InChI=1S/C20H16BrNO3S/c21-15-16-11-13-18(14-12-16)22(20(23)17-7-3-1-4-8-17)26(24,25)19-9-5-2-6-10-19/h1-14H,15H2. The van der Waals surface area contributed by atoms with Gasteiger partial charge in [-0.3, -0.25) is 4.79 Å². The summed E-state index contributed by atoms with van der Waals surface area (Å²) < 4.78 is 27.3. The Labute approximate surface area is 161 Å². The molecule has 0 fully saturated rings. The predicted molar refractivity (Wildman–Crippen MR) is 106 cm³/mol. The van der Waals surface area contributed by atoms with Crippen molar-refractivity contribution in [3.8, 4) is 0 Å². The van der Waals surface area contributed by atoms with Gasteiger partial charge >= 0.3 is 0 Å². The van der Waals surface area contributed by atoms with E-state index in [0.717, 1.165) is 9.87 Å². The van der Waals surface area contributed by atoms with Gasteiger partial charge in [0, 0.05) is 10.9 Å². The molecule has 0 saturated carbocycles. The number of carbonyl (C=O) groups is 1. The van der Waals surface area contributed by atoms with Gasteiger partial charge in [-0.15, -0.1) is 0 Å². The molecule has 0 atom stereocenters. The SMILES string of the molecule is O=C(c1ccccc1)N(c1ccc(CBr)cc1)S(=O)(=O)c1ccccc1. The van der Waals surface area contributed by atoms with Gasteiger partial charge in [-0.05, 0) is 42.0 Å². The van der Waals surface area contributed by atoms with Crippen molar-refractivity contribution >= 4 is 37.5 Å². The van der Waals surface area contributed by atoms with Gasteiger partial charge in [0.2, 0.25) is 0 Å². The molecule has 132 valence electrons. The lowest BCUT2D eigenvalue weighted by molar-refractivity contribution is 0.101. The number of anilines is 1. The Kier molecular flexibility index (Phi) is 5.54. The lowest BCUT2D eigenvalue weighted by Gasteiger charge is -2.23. The fourth-order valence-corrected chi connectivity index (χ4v) is 4.29. The molecule has 3 rings (SSSR count). The average molecular weight is 430 g/mol. The maximum atomic E-state index is 13.2. The summed E-state index contributed by atoms with van der Waals surface area (Å²) in [6.45, 7) is 0. The number of hydrogen-bond donors (Lipinski definition) is 0. The summed E-state index contributed by atoms with van der Waals surface area (Å²) in [6.07, 6.45) is 0. The molecular weight excluding hydrogens is 414 g/mol. The Bertz CT molecular complexity index is 988. The van der Waals surface area contributed by atoms with E-state index >= 15 is 0 Å². The zero-order valence-electron chi connectivity index (χ0n) is 13.7. The van der Waals surface area contributed by atoms with E-state index in [1.54, 1.807) is 72.8 Å². The number of carbonyl (C=O) groups excluding carboxylic acids is 1. The van der Waals surface area contributed by atoms with Crippen molar-refractivity contribution in [2.45, 2.75) is 10.2 Å². The lowest BCUT2D eigenvalue weighted by Crippen LogP contribution is -2.37. The first-order valence-electron chi connectivity index (χ1n) is 7.88. The van der Waals surface area contributed by atoms with Crippen LogP contribution in [0.2, 0.25) is 0 Å². The van der Waals surface area contributed by atoms with Crippen molar-refractivity contribution in [3.63, 3.8) is 0 Å². The molecule has 0 saturated heterocycles. The number of benzene rings is 3. The van der Waals surface area contributed by atoms with E-state index in [0.29, 0.717) is 16.6 Å². The molecule has 0 aromatic heterocycles. The second-order valence-electron chi connectivity index (χ2n) is 5.55. The largest absolute Gasteiger partial charge is 0.272 e.